The maximum Gasteiger partial charge on any atom is 0.310 e. The molecule has 0 fully saturated rings. The highest BCUT2D eigenvalue weighted by atomic mass is 16.4. The molecule has 2 nitrogen and oxygen atoms in total. The summed E-state index contributed by atoms with van der Waals surface area (Å²) in [5.41, 5.74) is -0.0815. The van der Waals surface area contributed by atoms with E-state index in [2.05, 4.69) is 0 Å². The van der Waals surface area contributed by atoms with E-state index in [0.717, 1.165) is 0 Å². The van der Waals surface area contributed by atoms with E-state index in [1.807, 2.05) is 0 Å². The number of carbonyl (C=O) groups is 1. The van der Waals surface area contributed by atoms with Crippen LogP contribution in [0.3, 0.4) is 0 Å². The molecule has 0 aliphatic rings. The third-order valence-electron chi connectivity index (χ3n) is 1.42. The van der Waals surface area contributed by atoms with E-state index in [4.69, 9.17) is 12.0 Å². The van der Waals surface area contributed by atoms with Crippen LogP contribution in [0.1, 0.15) is 31.6 Å². The minimum absolute atomic E-state index is 0.0815. The Morgan fingerprint density at radius 1 is 1.75 bits per heavy atom. The van der Waals surface area contributed by atoms with Gasteiger partial charge in [0.1, 0.15) is 0 Å². The van der Waals surface area contributed by atoms with Gasteiger partial charge >= 0.3 is 5.97 Å². The molecule has 1 aromatic carbocycles. The van der Waals surface area contributed by atoms with Gasteiger partial charge in [-0.25, -0.2) is 0 Å². The Bertz CT molecular complexity index is 406. The van der Waals surface area contributed by atoms with Gasteiger partial charge in [0.05, 0.1) is 5.89 Å². The first-order chi connectivity index (χ1) is 7.74. The average molecular weight is 169 g/mol. The van der Waals surface area contributed by atoms with Gasteiger partial charge in [-0.2, -0.15) is 0 Å². The van der Waals surface area contributed by atoms with Crippen molar-refractivity contribution in [2.45, 2.75) is 19.1 Å². The van der Waals surface area contributed by atoms with Crippen molar-refractivity contribution in [3.8, 4) is 0 Å². The molecule has 12 heavy (non-hydrogen) atoms. The molecule has 0 aliphatic heterocycles. The lowest BCUT2D eigenvalue weighted by Crippen LogP contribution is -2.09. The molecule has 0 heterocycles. The smallest absolute Gasteiger partial charge is 0.310 e. The number of rotatable bonds is 3. The van der Waals surface area contributed by atoms with Crippen molar-refractivity contribution >= 4 is 5.97 Å². The second-order valence-electron chi connectivity index (χ2n) is 2.19. The van der Waals surface area contributed by atoms with E-state index in [0.29, 0.717) is 0 Å². The lowest BCUT2D eigenvalue weighted by Gasteiger charge is -2.08. The van der Waals surface area contributed by atoms with Crippen LogP contribution in [0.25, 0.3) is 0 Å². The molecule has 0 amide bonds. The van der Waals surface area contributed by atoms with Crippen LogP contribution in [0.4, 0.5) is 0 Å². The molecule has 0 spiro atoms. The summed E-state index contributed by atoms with van der Waals surface area (Å²) in [5, 5.41) is 9.08. The second-order valence-corrected chi connectivity index (χ2v) is 2.19. The fourth-order valence-corrected chi connectivity index (χ4v) is 0.873. The van der Waals surface area contributed by atoms with E-state index >= 15 is 0 Å². The van der Waals surface area contributed by atoms with E-state index in [1.54, 1.807) is 6.07 Å². The first-order valence-electron chi connectivity index (χ1n) is 6.03. The Morgan fingerprint density at radius 2 is 2.42 bits per heavy atom. The van der Waals surface area contributed by atoms with Gasteiger partial charge in [0.2, 0.25) is 0 Å². The summed E-state index contributed by atoms with van der Waals surface area (Å²) in [7, 11) is 0. The van der Waals surface area contributed by atoms with Crippen LogP contribution in [0.15, 0.2) is 30.3 Å². The van der Waals surface area contributed by atoms with E-state index in [9.17, 15) is 4.79 Å². The molecule has 0 saturated heterocycles. The third kappa shape index (κ3) is 1.84. The molecule has 0 aromatic heterocycles. The standard InChI is InChI=1S/C10H12O2/c1-2-9(10(11)12)8-6-4-3-5-7-8/h3-7,9H,2H2,1H3,(H,11,12)/i1D2,2D2,9D. The Labute approximate surface area is 78.9 Å². The van der Waals surface area contributed by atoms with Gasteiger partial charge < -0.3 is 5.11 Å². The normalized spacial score (nSPS) is 22.6. The van der Waals surface area contributed by atoms with Crippen molar-refractivity contribution < 1.29 is 16.8 Å². The van der Waals surface area contributed by atoms with Gasteiger partial charge in [-0.05, 0) is 11.9 Å². The summed E-state index contributed by atoms with van der Waals surface area (Å²) in [4.78, 5) is 11.2. The van der Waals surface area contributed by atoms with Gasteiger partial charge in [-0.3, -0.25) is 4.79 Å². The third-order valence-corrected chi connectivity index (χ3v) is 1.42. The van der Waals surface area contributed by atoms with Crippen LogP contribution in [-0.4, -0.2) is 11.1 Å². The first kappa shape index (κ1) is 4.08. The summed E-state index contributed by atoms with van der Waals surface area (Å²) in [6.07, 6.45) is -2.82. The number of hydrogen-bond donors (Lipinski definition) is 1. The molecular formula is C10H12O2. The highest BCUT2D eigenvalue weighted by Crippen LogP contribution is 2.18. The number of carboxylic acids is 1. The summed E-state index contributed by atoms with van der Waals surface area (Å²) in [6.45, 7) is -2.07. The van der Waals surface area contributed by atoms with E-state index < -0.39 is 25.1 Å². The van der Waals surface area contributed by atoms with Crippen LogP contribution < -0.4 is 0 Å². The van der Waals surface area contributed by atoms with Crippen molar-refractivity contribution in [3.63, 3.8) is 0 Å². The molecule has 2 heteroatoms. The minimum Gasteiger partial charge on any atom is -0.481 e. The van der Waals surface area contributed by atoms with Crippen LogP contribution in [0.5, 0.6) is 0 Å². The molecule has 1 atom stereocenters. The van der Waals surface area contributed by atoms with Gasteiger partial charge in [0.15, 0.2) is 0 Å². The monoisotopic (exact) mass is 169 g/mol. The Balaban J connectivity index is 3.40. The molecule has 0 bridgehead atoms. The van der Waals surface area contributed by atoms with E-state index in [1.165, 1.54) is 24.3 Å². The van der Waals surface area contributed by atoms with Gasteiger partial charge in [0, 0.05) is 6.85 Å². The van der Waals surface area contributed by atoms with Gasteiger partial charge in [-0.15, -0.1) is 0 Å². The summed E-state index contributed by atoms with van der Waals surface area (Å²) >= 11 is 0. The molecule has 0 radical (unpaired) electrons. The van der Waals surface area contributed by atoms with Crippen LogP contribution >= 0.6 is 0 Å². The zero-order chi connectivity index (χ0) is 13.3. The Hall–Kier alpha value is -1.31. The molecule has 0 saturated carbocycles. The van der Waals surface area contributed by atoms with Crippen LogP contribution in [0.2, 0.25) is 0 Å². The second kappa shape index (κ2) is 3.90. The minimum atomic E-state index is -2.82. The predicted octanol–water partition coefficient (Wildman–Crippen LogP) is 2.26. The highest BCUT2D eigenvalue weighted by molar-refractivity contribution is 5.75. The summed E-state index contributed by atoms with van der Waals surface area (Å²) in [5.74, 6) is -4.37. The van der Waals surface area contributed by atoms with Crippen molar-refractivity contribution in [1.82, 2.24) is 0 Å². The Kier molecular flexibility index (Phi) is 1.33. The van der Waals surface area contributed by atoms with Crippen molar-refractivity contribution in [3.05, 3.63) is 35.9 Å². The molecule has 1 aromatic rings. The zero-order valence-electron chi connectivity index (χ0n) is 11.3. The van der Waals surface area contributed by atoms with Gasteiger partial charge in [0.25, 0.3) is 0 Å². The fourth-order valence-electron chi connectivity index (χ4n) is 0.873. The lowest BCUT2D eigenvalue weighted by atomic mass is 9.97. The average Bonchev–Trinajstić information content (AvgIpc) is 2.28. The maximum atomic E-state index is 11.2. The topological polar surface area (TPSA) is 37.3 Å². The van der Waals surface area contributed by atoms with Crippen molar-refractivity contribution in [2.75, 3.05) is 0 Å². The summed E-state index contributed by atoms with van der Waals surface area (Å²) < 4.78 is 37.1. The lowest BCUT2D eigenvalue weighted by molar-refractivity contribution is -0.138. The molecule has 0 aliphatic carbocycles. The number of benzene rings is 1. The highest BCUT2D eigenvalue weighted by Gasteiger charge is 2.16. The molecular weight excluding hydrogens is 152 g/mol. The molecule has 1 N–H and O–H groups in total. The van der Waals surface area contributed by atoms with Gasteiger partial charge in [-0.1, -0.05) is 37.2 Å². The van der Waals surface area contributed by atoms with Crippen molar-refractivity contribution in [1.29, 1.82) is 0 Å². The SMILES string of the molecule is [2H]C([2H])C([2H])([2H])C([2H])(C(=O)O)c1ccccc1. The molecule has 64 valence electrons. The fraction of sp³-hybridized carbons (Fsp3) is 0.300. The number of carboxylic acid groups (broad SMARTS) is 1. The molecule has 1 unspecified atom stereocenters. The first-order valence-corrected chi connectivity index (χ1v) is 3.38. The molecule has 1 rings (SSSR count). The summed E-state index contributed by atoms with van der Waals surface area (Å²) in [6, 6.07) is 7.20. The van der Waals surface area contributed by atoms with Crippen LogP contribution in [-0.2, 0) is 4.79 Å². The zero-order valence-corrected chi connectivity index (χ0v) is 6.32. The largest absolute Gasteiger partial charge is 0.481 e. The van der Waals surface area contributed by atoms with Crippen LogP contribution in [0, 0.1) is 0 Å². The quantitative estimate of drug-likeness (QED) is 0.753. The Morgan fingerprint density at radius 3 is 2.92 bits per heavy atom. The van der Waals surface area contributed by atoms with E-state index in [-0.39, 0.29) is 5.56 Å². The predicted molar refractivity (Wildman–Crippen MR) is 47.1 cm³/mol. The number of aliphatic carboxylic acids is 1. The van der Waals surface area contributed by atoms with Crippen molar-refractivity contribution in [2.24, 2.45) is 0 Å². The number of hydrogen-bond acceptors (Lipinski definition) is 1. The maximum absolute atomic E-state index is 11.2.